The lowest BCUT2D eigenvalue weighted by Crippen LogP contribution is -2.22. The van der Waals surface area contributed by atoms with Crippen LogP contribution in [0, 0.1) is 11.6 Å². The quantitative estimate of drug-likeness (QED) is 0.603. The maximum Gasteiger partial charge on any atom is 0.344 e. The number of anilines is 1. The van der Waals surface area contributed by atoms with E-state index in [0.717, 1.165) is 18.2 Å². The Hall–Kier alpha value is -1.89. The minimum absolute atomic E-state index is 0.115. The fourth-order valence-electron chi connectivity index (χ4n) is 1.70. The Labute approximate surface area is 150 Å². The molecule has 0 unspecified atom stereocenters. The van der Waals surface area contributed by atoms with E-state index in [-0.39, 0.29) is 20.8 Å². The van der Waals surface area contributed by atoms with Gasteiger partial charge in [-0.25, -0.2) is 13.6 Å². The molecule has 1 N–H and O–H groups in total. The van der Waals surface area contributed by atoms with Crippen molar-refractivity contribution in [2.24, 2.45) is 0 Å². The Bertz CT molecular complexity index is 795. The van der Waals surface area contributed by atoms with Crippen LogP contribution in [0.4, 0.5) is 14.5 Å². The number of carbonyl (C=O) groups is 2. The third kappa shape index (κ3) is 4.35. The SMILES string of the molecule is O=C(COC(=O)c1c(F)cccc1F)Nc1cc(Cl)c(Cl)cc1Cl. The van der Waals surface area contributed by atoms with E-state index in [1.54, 1.807) is 0 Å². The summed E-state index contributed by atoms with van der Waals surface area (Å²) in [5.74, 6) is -4.26. The number of nitrogens with one attached hydrogen (secondary N) is 1. The monoisotopic (exact) mass is 393 g/mol. The minimum atomic E-state index is -1.30. The molecule has 0 bridgehead atoms. The van der Waals surface area contributed by atoms with Gasteiger partial charge < -0.3 is 10.1 Å². The molecule has 0 aliphatic heterocycles. The van der Waals surface area contributed by atoms with Crippen LogP contribution in [0.2, 0.25) is 15.1 Å². The maximum atomic E-state index is 13.4. The van der Waals surface area contributed by atoms with Crippen LogP contribution in [0.3, 0.4) is 0 Å². The van der Waals surface area contributed by atoms with Gasteiger partial charge in [-0.1, -0.05) is 40.9 Å². The molecule has 0 fully saturated rings. The van der Waals surface area contributed by atoms with Gasteiger partial charge in [0.2, 0.25) is 0 Å². The largest absolute Gasteiger partial charge is 0.452 e. The average Bonchev–Trinajstić information content (AvgIpc) is 2.50. The molecule has 1 amide bonds. The van der Waals surface area contributed by atoms with Crippen molar-refractivity contribution in [1.82, 2.24) is 0 Å². The van der Waals surface area contributed by atoms with Crippen LogP contribution in [-0.2, 0) is 9.53 Å². The van der Waals surface area contributed by atoms with Crippen molar-refractivity contribution in [3.63, 3.8) is 0 Å². The van der Waals surface area contributed by atoms with Gasteiger partial charge in [0, 0.05) is 0 Å². The first-order valence-electron chi connectivity index (χ1n) is 6.35. The first-order valence-corrected chi connectivity index (χ1v) is 7.48. The van der Waals surface area contributed by atoms with Crippen LogP contribution in [-0.4, -0.2) is 18.5 Å². The summed E-state index contributed by atoms with van der Waals surface area (Å²) in [6.45, 7) is -0.775. The number of benzene rings is 2. The molecule has 0 spiro atoms. The molecule has 4 nitrogen and oxygen atoms in total. The lowest BCUT2D eigenvalue weighted by atomic mass is 10.2. The molecule has 0 heterocycles. The van der Waals surface area contributed by atoms with Crippen molar-refractivity contribution in [1.29, 1.82) is 0 Å². The third-order valence-corrected chi connectivity index (χ3v) is 3.82. The van der Waals surface area contributed by atoms with Crippen LogP contribution in [0.5, 0.6) is 0 Å². The highest BCUT2D eigenvalue weighted by atomic mass is 35.5. The van der Waals surface area contributed by atoms with Crippen LogP contribution in [0.1, 0.15) is 10.4 Å². The topological polar surface area (TPSA) is 55.4 Å². The lowest BCUT2D eigenvalue weighted by Gasteiger charge is -2.10. The fourth-order valence-corrected chi connectivity index (χ4v) is 2.29. The van der Waals surface area contributed by atoms with Crippen LogP contribution >= 0.6 is 34.8 Å². The molecule has 0 atom stereocenters. The molecule has 0 saturated heterocycles. The number of esters is 1. The molecular formula is C15H8Cl3F2NO3. The van der Waals surface area contributed by atoms with Gasteiger partial charge in [-0.3, -0.25) is 4.79 Å². The second kappa shape index (κ2) is 7.79. The van der Waals surface area contributed by atoms with Gasteiger partial charge in [0.05, 0.1) is 20.8 Å². The summed E-state index contributed by atoms with van der Waals surface area (Å²) in [4.78, 5) is 23.4. The minimum Gasteiger partial charge on any atom is -0.452 e. The van der Waals surface area contributed by atoms with Crippen molar-refractivity contribution in [3.05, 3.63) is 62.6 Å². The smallest absolute Gasteiger partial charge is 0.344 e. The molecule has 0 aliphatic carbocycles. The van der Waals surface area contributed by atoms with Gasteiger partial charge in [0.25, 0.3) is 5.91 Å². The zero-order valence-electron chi connectivity index (χ0n) is 11.7. The number of halogens is 5. The molecule has 0 radical (unpaired) electrons. The second-order valence-corrected chi connectivity index (χ2v) is 5.69. The Balaban J connectivity index is 2.01. The molecule has 9 heteroatoms. The predicted octanol–water partition coefficient (Wildman–Crippen LogP) is 4.72. The van der Waals surface area contributed by atoms with Crippen LogP contribution in [0.15, 0.2) is 30.3 Å². The molecule has 0 aromatic heterocycles. The fraction of sp³-hybridized carbons (Fsp3) is 0.0667. The number of rotatable bonds is 4. The first-order chi connectivity index (χ1) is 11.3. The summed E-state index contributed by atoms with van der Waals surface area (Å²) in [6, 6.07) is 5.52. The van der Waals surface area contributed by atoms with Gasteiger partial charge >= 0.3 is 5.97 Å². The zero-order valence-corrected chi connectivity index (χ0v) is 14.0. The normalized spacial score (nSPS) is 10.4. The van der Waals surface area contributed by atoms with E-state index in [0.29, 0.717) is 0 Å². The summed E-state index contributed by atoms with van der Waals surface area (Å²) < 4.78 is 31.4. The number of hydrogen-bond acceptors (Lipinski definition) is 3. The molecule has 2 aromatic carbocycles. The highest BCUT2D eigenvalue weighted by Gasteiger charge is 2.19. The van der Waals surface area contributed by atoms with Crippen LogP contribution in [0.25, 0.3) is 0 Å². The summed E-state index contributed by atoms with van der Waals surface area (Å²) in [5.41, 5.74) is -0.734. The van der Waals surface area contributed by atoms with E-state index in [1.807, 2.05) is 0 Å². The van der Waals surface area contributed by atoms with Gasteiger partial charge in [0.15, 0.2) is 6.61 Å². The Kier molecular flexibility index (Phi) is 5.99. The van der Waals surface area contributed by atoms with Gasteiger partial charge in [-0.2, -0.15) is 0 Å². The van der Waals surface area contributed by atoms with E-state index >= 15 is 0 Å². The van der Waals surface area contributed by atoms with Gasteiger partial charge in [-0.05, 0) is 24.3 Å². The standard InChI is InChI=1S/C15H8Cl3F2NO3/c16-7-4-9(18)12(5-8(7)17)21-13(22)6-24-15(23)14-10(19)2-1-3-11(14)20/h1-5H,6H2,(H,21,22). The third-order valence-electron chi connectivity index (χ3n) is 2.79. The van der Waals surface area contributed by atoms with Crippen molar-refractivity contribution in [3.8, 4) is 0 Å². The van der Waals surface area contributed by atoms with E-state index < -0.39 is 35.7 Å². The van der Waals surface area contributed by atoms with Crippen molar-refractivity contribution >= 4 is 52.4 Å². The number of ether oxygens (including phenoxy) is 1. The molecule has 126 valence electrons. The summed E-state index contributed by atoms with van der Waals surface area (Å²) in [5, 5.41) is 2.80. The molecule has 24 heavy (non-hydrogen) atoms. The van der Waals surface area contributed by atoms with Crippen molar-refractivity contribution in [2.75, 3.05) is 11.9 Å². The Morgan fingerprint density at radius 2 is 1.58 bits per heavy atom. The molecule has 0 aliphatic rings. The summed E-state index contributed by atoms with van der Waals surface area (Å²) in [7, 11) is 0. The van der Waals surface area contributed by atoms with E-state index in [9.17, 15) is 18.4 Å². The van der Waals surface area contributed by atoms with E-state index in [1.165, 1.54) is 12.1 Å². The highest BCUT2D eigenvalue weighted by molar-refractivity contribution is 6.44. The highest BCUT2D eigenvalue weighted by Crippen LogP contribution is 2.32. The number of hydrogen-bond donors (Lipinski definition) is 1. The summed E-state index contributed by atoms with van der Waals surface area (Å²) in [6.07, 6.45) is 0. The molecule has 2 aromatic rings. The Morgan fingerprint density at radius 1 is 1.00 bits per heavy atom. The molecule has 2 rings (SSSR count). The second-order valence-electron chi connectivity index (χ2n) is 4.47. The molecule has 0 saturated carbocycles. The van der Waals surface area contributed by atoms with Gasteiger partial charge in [0.1, 0.15) is 17.2 Å². The van der Waals surface area contributed by atoms with Crippen LogP contribution < -0.4 is 5.32 Å². The van der Waals surface area contributed by atoms with E-state index in [4.69, 9.17) is 34.8 Å². The zero-order chi connectivity index (χ0) is 17.9. The van der Waals surface area contributed by atoms with Gasteiger partial charge in [-0.15, -0.1) is 0 Å². The number of amides is 1. The summed E-state index contributed by atoms with van der Waals surface area (Å²) >= 11 is 17.4. The van der Waals surface area contributed by atoms with Crippen molar-refractivity contribution in [2.45, 2.75) is 0 Å². The number of carbonyl (C=O) groups excluding carboxylic acids is 2. The maximum absolute atomic E-state index is 13.4. The Morgan fingerprint density at radius 3 is 2.21 bits per heavy atom. The first kappa shape index (κ1) is 18.4. The van der Waals surface area contributed by atoms with Crippen molar-refractivity contribution < 1.29 is 23.1 Å². The predicted molar refractivity (Wildman–Crippen MR) is 86.7 cm³/mol. The lowest BCUT2D eigenvalue weighted by molar-refractivity contribution is -0.119. The average molecular weight is 395 g/mol. The van der Waals surface area contributed by atoms with E-state index in [2.05, 4.69) is 10.1 Å². The molecular weight excluding hydrogens is 387 g/mol.